The molecular weight excluding hydrogens is 460 g/mol. The van der Waals surface area contributed by atoms with Gasteiger partial charge in [0.25, 0.3) is 17.8 Å². The monoisotopic (exact) mass is 490 g/mol. The number of hydrogen-bond donors (Lipinski definition) is 1. The predicted molar refractivity (Wildman–Crippen MR) is 138 cm³/mol. The first kappa shape index (κ1) is 24.8. The summed E-state index contributed by atoms with van der Waals surface area (Å²) in [7, 11) is 1.58. The number of carbonyl (C=O) groups is 2. The van der Waals surface area contributed by atoms with Gasteiger partial charge in [0.05, 0.1) is 18.9 Å². The number of rotatable bonds is 11. The van der Waals surface area contributed by atoms with Crippen LogP contribution in [0, 0.1) is 0 Å². The van der Waals surface area contributed by atoms with Crippen molar-refractivity contribution in [2.75, 3.05) is 43.5 Å². The van der Waals surface area contributed by atoms with E-state index in [9.17, 15) is 9.59 Å². The molecule has 9 heteroatoms. The highest BCUT2D eigenvalue weighted by molar-refractivity contribution is 6.05. The molecule has 0 aliphatic rings. The Morgan fingerprint density at radius 1 is 1.00 bits per heavy atom. The number of amides is 2. The molecule has 2 amide bonds. The Balaban J connectivity index is 1.38. The zero-order valence-corrected chi connectivity index (χ0v) is 20.7. The summed E-state index contributed by atoms with van der Waals surface area (Å²) >= 11 is 0. The highest BCUT2D eigenvalue weighted by Crippen LogP contribution is 2.25. The van der Waals surface area contributed by atoms with Crippen LogP contribution in [0.25, 0.3) is 11.1 Å². The first-order chi connectivity index (χ1) is 17.5. The van der Waals surface area contributed by atoms with Crippen LogP contribution < -0.4 is 15.0 Å². The van der Waals surface area contributed by atoms with E-state index in [0.29, 0.717) is 65.9 Å². The van der Waals surface area contributed by atoms with Gasteiger partial charge in [-0.15, -0.1) is 0 Å². The molecule has 0 radical (unpaired) electrons. The number of carbonyl (C=O) groups excluding carboxylic acids is 2. The van der Waals surface area contributed by atoms with Crippen LogP contribution in [0.4, 0.5) is 11.7 Å². The SMILES string of the molecule is CCN(CCCN(CC)c1nc2cc(NC(=O)c3ccc(OC)cc3)ccc2o1)C(=O)c1ccoc1. The predicted octanol–water partition coefficient (Wildman–Crippen LogP) is 5.06. The van der Waals surface area contributed by atoms with E-state index < -0.39 is 0 Å². The van der Waals surface area contributed by atoms with Gasteiger partial charge in [0.15, 0.2) is 5.58 Å². The number of methoxy groups -OCH3 is 1. The molecule has 188 valence electrons. The minimum Gasteiger partial charge on any atom is -0.497 e. The molecular formula is C27H30N4O5. The van der Waals surface area contributed by atoms with Crippen LogP contribution in [0.3, 0.4) is 0 Å². The average molecular weight is 491 g/mol. The van der Waals surface area contributed by atoms with E-state index in [4.69, 9.17) is 13.6 Å². The molecule has 0 saturated carbocycles. The smallest absolute Gasteiger partial charge is 0.298 e. The number of oxazole rings is 1. The van der Waals surface area contributed by atoms with Crippen molar-refractivity contribution in [3.8, 4) is 5.75 Å². The van der Waals surface area contributed by atoms with Gasteiger partial charge in [-0.2, -0.15) is 4.98 Å². The first-order valence-electron chi connectivity index (χ1n) is 11.9. The fourth-order valence-electron chi connectivity index (χ4n) is 3.89. The average Bonchev–Trinajstić information content (AvgIpc) is 3.59. The zero-order chi connectivity index (χ0) is 25.5. The molecule has 0 aliphatic heterocycles. The third-order valence-corrected chi connectivity index (χ3v) is 5.93. The van der Waals surface area contributed by atoms with E-state index in [-0.39, 0.29) is 11.8 Å². The maximum atomic E-state index is 12.6. The number of nitrogens with one attached hydrogen (secondary N) is 1. The van der Waals surface area contributed by atoms with Crippen LogP contribution in [0.2, 0.25) is 0 Å². The Labute approximate surface area is 209 Å². The number of nitrogens with zero attached hydrogens (tertiary/aromatic N) is 3. The van der Waals surface area contributed by atoms with Gasteiger partial charge in [-0.05, 0) is 68.8 Å². The quantitative estimate of drug-likeness (QED) is 0.314. The standard InChI is InChI=1S/C27H30N4O5/c1-4-30(26(33)20-13-16-35-18-20)14-6-15-31(5-2)27-29-23-17-21(9-12-24(23)36-27)28-25(32)19-7-10-22(34-3)11-8-19/h7-13,16-18H,4-6,14-15H2,1-3H3,(H,28,32). The Kier molecular flexibility index (Phi) is 7.89. The molecule has 2 heterocycles. The van der Waals surface area contributed by atoms with Gasteiger partial charge in [-0.1, -0.05) is 0 Å². The fraction of sp³-hybridized carbons (Fsp3) is 0.296. The third kappa shape index (κ3) is 5.68. The van der Waals surface area contributed by atoms with Gasteiger partial charge >= 0.3 is 0 Å². The normalized spacial score (nSPS) is 10.9. The van der Waals surface area contributed by atoms with Gasteiger partial charge in [0.1, 0.15) is 17.5 Å². The lowest BCUT2D eigenvalue weighted by atomic mass is 10.2. The lowest BCUT2D eigenvalue weighted by Gasteiger charge is -2.23. The summed E-state index contributed by atoms with van der Waals surface area (Å²) in [6, 6.07) is 14.5. The molecule has 2 aromatic carbocycles. The molecule has 0 bridgehead atoms. The van der Waals surface area contributed by atoms with Crippen molar-refractivity contribution in [3.05, 3.63) is 72.2 Å². The highest BCUT2D eigenvalue weighted by atomic mass is 16.5. The first-order valence-corrected chi connectivity index (χ1v) is 11.9. The number of benzene rings is 2. The molecule has 0 atom stereocenters. The fourth-order valence-corrected chi connectivity index (χ4v) is 3.89. The minimum absolute atomic E-state index is 0.0413. The Morgan fingerprint density at radius 3 is 2.47 bits per heavy atom. The second-order valence-corrected chi connectivity index (χ2v) is 8.19. The number of hydrogen-bond acceptors (Lipinski definition) is 7. The Morgan fingerprint density at radius 2 is 1.81 bits per heavy atom. The zero-order valence-electron chi connectivity index (χ0n) is 20.7. The van der Waals surface area contributed by atoms with Crippen molar-refractivity contribution in [3.63, 3.8) is 0 Å². The third-order valence-electron chi connectivity index (χ3n) is 5.93. The second kappa shape index (κ2) is 11.4. The number of furan rings is 1. The highest BCUT2D eigenvalue weighted by Gasteiger charge is 2.17. The molecule has 9 nitrogen and oxygen atoms in total. The van der Waals surface area contributed by atoms with E-state index in [0.717, 1.165) is 6.42 Å². The molecule has 0 unspecified atom stereocenters. The van der Waals surface area contributed by atoms with Gasteiger partial charge in [0.2, 0.25) is 0 Å². The molecule has 4 aromatic rings. The Bertz CT molecular complexity index is 1300. The number of fused-ring (bicyclic) bond motifs is 1. The molecule has 2 aromatic heterocycles. The number of ether oxygens (including phenoxy) is 1. The van der Waals surface area contributed by atoms with Crippen LogP contribution in [0.5, 0.6) is 5.75 Å². The van der Waals surface area contributed by atoms with E-state index in [1.54, 1.807) is 60.5 Å². The van der Waals surface area contributed by atoms with Gasteiger partial charge < -0.3 is 28.7 Å². The molecule has 36 heavy (non-hydrogen) atoms. The van der Waals surface area contributed by atoms with Crippen molar-refractivity contribution in [1.29, 1.82) is 0 Å². The summed E-state index contributed by atoms with van der Waals surface area (Å²) in [5, 5.41) is 2.90. The van der Waals surface area contributed by atoms with Crippen molar-refractivity contribution in [2.45, 2.75) is 20.3 Å². The number of aromatic nitrogens is 1. The van der Waals surface area contributed by atoms with Crippen molar-refractivity contribution in [2.24, 2.45) is 0 Å². The van der Waals surface area contributed by atoms with Crippen LogP contribution in [-0.2, 0) is 0 Å². The van der Waals surface area contributed by atoms with Gasteiger partial charge in [0, 0.05) is 37.4 Å². The molecule has 1 N–H and O–H groups in total. The van der Waals surface area contributed by atoms with Crippen LogP contribution in [-0.4, -0.2) is 55.0 Å². The summed E-state index contributed by atoms with van der Waals surface area (Å²) in [4.78, 5) is 33.6. The van der Waals surface area contributed by atoms with E-state index in [1.165, 1.54) is 12.5 Å². The van der Waals surface area contributed by atoms with Crippen LogP contribution in [0.15, 0.2) is 69.9 Å². The summed E-state index contributed by atoms with van der Waals surface area (Å²) in [5.41, 5.74) is 3.00. The molecule has 0 spiro atoms. The molecule has 0 saturated heterocycles. The maximum absolute atomic E-state index is 12.6. The Hall–Kier alpha value is -4.27. The molecule has 0 fully saturated rings. The molecule has 4 rings (SSSR count). The summed E-state index contributed by atoms with van der Waals surface area (Å²) in [6.45, 7) is 6.60. The van der Waals surface area contributed by atoms with E-state index in [1.807, 2.05) is 18.7 Å². The van der Waals surface area contributed by atoms with Crippen molar-refractivity contribution >= 4 is 34.6 Å². The summed E-state index contributed by atoms with van der Waals surface area (Å²) in [5.74, 6) is 0.428. The van der Waals surface area contributed by atoms with E-state index in [2.05, 4.69) is 10.3 Å². The maximum Gasteiger partial charge on any atom is 0.298 e. The number of anilines is 2. The summed E-state index contributed by atoms with van der Waals surface area (Å²) in [6.07, 6.45) is 3.73. The minimum atomic E-state index is -0.221. The van der Waals surface area contributed by atoms with Crippen molar-refractivity contribution < 1.29 is 23.2 Å². The second-order valence-electron chi connectivity index (χ2n) is 8.19. The van der Waals surface area contributed by atoms with Crippen LogP contribution >= 0.6 is 0 Å². The van der Waals surface area contributed by atoms with Gasteiger partial charge in [-0.3, -0.25) is 9.59 Å². The van der Waals surface area contributed by atoms with Crippen molar-refractivity contribution in [1.82, 2.24) is 9.88 Å². The summed E-state index contributed by atoms with van der Waals surface area (Å²) < 4.78 is 16.1. The lowest BCUT2D eigenvalue weighted by Crippen LogP contribution is -2.34. The van der Waals surface area contributed by atoms with E-state index >= 15 is 0 Å². The topological polar surface area (TPSA) is 101 Å². The largest absolute Gasteiger partial charge is 0.497 e. The molecule has 0 aliphatic carbocycles. The van der Waals surface area contributed by atoms with Gasteiger partial charge in [-0.25, -0.2) is 0 Å². The van der Waals surface area contributed by atoms with Crippen LogP contribution in [0.1, 0.15) is 41.0 Å². The lowest BCUT2D eigenvalue weighted by molar-refractivity contribution is 0.0762.